The number of aliphatic hydroxyl groups is 1. The van der Waals surface area contributed by atoms with Gasteiger partial charge in [0.15, 0.2) is 11.6 Å². The molecule has 20 heavy (non-hydrogen) atoms. The number of ether oxygens (including phenoxy) is 2. The van der Waals surface area contributed by atoms with E-state index >= 15 is 0 Å². The van der Waals surface area contributed by atoms with Crippen LogP contribution in [-0.4, -0.2) is 36.3 Å². The highest BCUT2D eigenvalue weighted by molar-refractivity contribution is 5.69. The molecule has 1 atom stereocenters. The molecule has 1 aromatic rings. The maximum atomic E-state index is 13.5. The zero-order valence-corrected chi connectivity index (χ0v) is 11.2. The van der Waals surface area contributed by atoms with Gasteiger partial charge in [0, 0.05) is 32.1 Å². The molecule has 0 saturated heterocycles. The molecule has 0 aliphatic carbocycles. The zero-order chi connectivity index (χ0) is 15.1. The molecule has 0 saturated carbocycles. The van der Waals surface area contributed by atoms with Crippen LogP contribution in [0.4, 0.5) is 10.1 Å². The third-order valence-electron chi connectivity index (χ3n) is 2.21. The van der Waals surface area contributed by atoms with Crippen LogP contribution in [0, 0.1) is 5.82 Å². The topological polar surface area (TPSA) is 84.9 Å². The van der Waals surface area contributed by atoms with Gasteiger partial charge in [-0.25, -0.2) is 4.39 Å². The van der Waals surface area contributed by atoms with E-state index in [0.717, 1.165) is 6.07 Å². The zero-order valence-electron chi connectivity index (χ0n) is 11.2. The number of esters is 2. The van der Waals surface area contributed by atoms with Crippen molar-refractivity contribution in [1.29, 1.82) is 0 Å². The number of halogens is 1. The highest BCUT2D eigenvalue weighted by Crippen LogP contribution is 2.21. The maximum Gasteiger partial charge on any atom is 0.308 e. The predicted octanol–water partition coefficient (Wildman–Crippen LogP) is 1.09. The van der Waals surface area contributed by atoms with Crippen molar-refractivity contribution >= 4 is 17.6 Å². The van der Waals surface area contributed by atoms with E-state index in [0.29, 0.717) is 5.69 Å². The van der Waals surface area contributed by atoms with Crippen molar-refractivity contribution in [3.63, 3.8) is 0 Å². The normalized spacial score (nSPS) is 11.6. The number of benzene rings is 1. The van der Waals surface area contributed by atoms with Crippen molar-refractivity contribution in [2.45, 2.75) is 20.0 Å². The number of hydrogen-bond donors (Lipinski definition) is 2. The van der Waals surface area contributed by atoms with Gasteiger partial charge in [-0.3, -0.25) is 9.59 Å². The summed E-state index contributed by atoms with van der Waals surface area (Å²) in [6.07, 6.45) is -0.907. The Morgan fingerprint density at radius 2 is 2.05 bits per heavy atom. The van der Waals surface area contributed by atoms with Crippen molar-refractivity contribution < 1.29 is 28.6 Å². The molecule has 0 bridgehead atoms. The molecule has 0 aromatic heterocycles. The lowest BCUT2D eigenvalue weighted by molar-refractivity contribution is -0.143. The molecule has 6 nitrogen and oxygen atoms in total. The largest absolute Gasteiger partial charge is 0.463 e. The van der Waals surface area contributed by atoms with Crippen molar-refractivity contribution in [3.8, 4) is 5.75 Å². The minimum atomic E-state index is -0.907. The Morgan fingerprint density at radius 3 is 2.60 bits per heavy atom. The van der Waals surface area contributed by atoms with Gasteiger partial charge >= 0.3 is 11.9 Å². The molecular weight excluding hydrogens is 269 g/mol. The first-order valence-corrected chi connectivity index (χ1v) is 5.91. The molecule has 0 heterocycles. The van der Waals surface area contributed by atoms with Gasteiger partial charge in [-0.05, 0) is 12.1 Å². The molecule has 0 spiro atoms. The molecule has 1 rings (SSSR count). The number of carbonyl (C=O) groups excluding carboxylic acids is 2. The lowest BCUT2D eigenvalue weighted by Gasteiger charge is -2.13. The molecule has 0 fully saturated rings. The van der Waals surface area contributed by atoms with Crippen molar-refractivity contribution in [2.24, 2.45) is 0 Å². The number of aliphatic hydroxyl groups excluding tert-OH is 1. The summed E-state index contributed by atoms with van der Waals surface area (Å²) in [4.78, 5) is 21.3. The number of carbonyl (C=O) groups is 2. The standard InChI is InChI=1S/C13H16FNO5/c1-8(16)19-7-11(18)6-15-10-3-4-13(12(14)5-10)20-9(2)17/h3-5,11,15,18H,6-7H2,1-2H3/t11-/m1/s1. The van der Waals surface area contributed by atoms with Gasteiger partial charge < -0.3 is 19.9 Å². The monoisotopic (exact) mass is 285 g/mol. The second kappa shape index (κ2) is 7.44. The summed E-state index contributed by atoms with van der Waals surface area (Å²) in [7, 11) is 0. The van der Waals surface area contributed by atoms with Gasteiger partial charge in [-0.2, -0.15) is 0 Å². The third-order valence-corrected chi connectivity index (χ3v) is 2.21. The SMILES string of the molecule is CC(=O)OC[C@H](O)CNc1ccc(OC(C)=O)c(F)c1. The van der Waals surface area contributed by atoms with E-state index in [9.17, 15) is 19.1 Å². The van der Waals surface area contributed by atoms with Crippen LogP contribution in [0.2, 0.25) is 0 Å². The van der Waals surface area contributed by atoms with Crippen LogP contribution in [0.15, 0.2) is 18.2 Å². The molecular formula is C13H16FNO5. The number of anilines is 1. The Hall–Kier alpha value is -2.15. The predicted molar refractivity (Wildman–Crippen MR) is 68.8 cm³/mol. The first-order valence-electron chi connectivity index (χ1n) is 5.91. The van der Waals surface area contributed by atoms with Gasteiger partial charge in [0.25, 0.3) is 0 Å². The summed E-state index contributed by atoms with van der Waals surface area (Å²) >= 11 is 0. The second-order valence-electron chi connectivity index (χ2n) is 4.08. The summed E-state index contributed by atoms with van der Waals surface area (Å²) in [5.74, 6) is -1.95. The van der Waals surface area contributed by atoms with Crippen LogP contribution in [0.3, 0.4) is 0 Å². The quantitative estimate of drug-likeness (QED) is 0.601. The highest BCUT2D eigenvalue weighted by Gasteiger charge is 2.09. The minimum absolute atomic E-state index is 0.0830. The molecule has 110 valence electrons. The van der Waals surface area contributed by atoms with Crippen molar-refractivity contribution in [3.05, 3.63) is 24.0 Å². The van der Waals surface area contributed by atoms with E-state index in [1.54, 1.807) is 0 Å². The van der Waals surface area contributed by atoms with Crippen LogP contribution in [0.5, 0.6) is 5.75 Å². The summed E-state index contributed by atoms with van der Waals surface area (Å²) in [6, 6.07) is 3.94. The number of nitrogens with one attached hydrogen (secondary N) is 1. The Balaban J connectivity index is 2.50. The molecule has 0 amide bonds. The van der Waals surface area contributed by atoms with Gasteiger partial charge in [0.2, 0.25) is 0 Å². The first kappa shape index (κ1) is 15.9. The lowest BCUT2D eigenvalue weighted by atomic mass is 10.2. The molecule has 7 heteroatoms. The van der Waals surface area contributed by atoms with E-state index < -0.39 is 23.9 Å². The summed E-state index contributed by atoms with van der Waals surface area (Å²) < 4.78 is 22.8. The molecule has 2 N–H and O–H groups in total. The lowest BCUT2D eigenvalue weighted by Crippen LogP contribution is -2.25. The Morgan fingerprint density at radius 1 is 1.35 bits per heavy atom. The van der Waals surface area contributed by atoms with Gasteiger partial charge in [-0.1, -0.05) is 0 Å². The fourth-order valence-electron chi connectivity index (χ4n) is 1.36. The average Bonchev–Trinajstić information content (AvgIpc) is 2.36. The molecule has 0 radical (unpaired) electrons. The van der Waals surface area contributed by atoms with Crippen LogP contribution < -0.4 is 10.1 Å². The average molecular weight is 285 g/mol. The summed E-state index contributed by atoms with van der Waals surface area (Å²) in [6.45, 7) is 2.36. The Kier molecular flexibility index (Phi) is 5.92. The van der Waals surface area contributed by atoms with E-state index in [1.165, 1.54) is 26.0 Å². The van der Waals surface area contributed by atoms with Gasteiger partial charge in [-0.15, -0.1) is 0 Å². The second-order valence-corrected chi connectivity index (χ2v) is 4.08. The van der Waals surface area contributed by atoms with E-state index in [4.69, 9.17) is 0 Å². The van der Waals surface area contributed by atoms with Crippen LogP contribution >= 0.6 is 0 Å². The van der Waals surface area contributed by atoms with Crippen LogP contribution in [0.25, 0.3) is 0 Å². The number of rotatable bonds is 6. The highest BCUT2D eigenvalue weighted by atomic mass is 19.1. The summed E-state index contributed by atoms with van der Waals surface area (Å²) in [5, 5.41) is 12.3. The van der Waals surface area contributed by atoms with Crippen LogP contribution in [0.1, 0.15) is 13.8 Å². The smallest absolute Gasteiger partial charge is 0.308 e. The number of hydrogen-bond acceptors (Lipinski definition) is 6. The van der Waals surface area contributed by atoms with E-state index in [1.807, 2.05) is 0 Å². The summed E-state index contributed by atoms with van der Waals surface area (Å²) in [5.41, 5.74) is 0.403. The van der Waals surface area contributed by atoms with Gasteiger partial charge in [0.1, 0.15) is 12.7 Å². The molecule has 0 aliphatic rings. The van der Waals surface area contributed by atoms with E-state index in [2.05, 4.69) is 14.8 Å². The molecule has 0 unspecified atom stereocenters. The van der Waals surface area contributed by atoms with E-state index in [-0.39, 0.29) is 18.9 Å². The fourth-order valence-corrected chi connectivity index (χ4v) is 1.36. The van der Waals surface area contributed by atoms with Gasteiger partial charge in [0.05, 0.1) is 0 Å². The fraction of sp³-hybridized carbons (Fsp3) is 0.385. The Labute approximate surface area is 115 Å². The first-order chi connectivity index (χ1) is 9.38. The Bertz CT molecular complexity index is 492. The maximum absolute atomic E-state index is 13.5. The molecule has 1 aromatic carbocycles. The molecule has 0 aliphatic heterocycles. The third kappa shape index (κ3) is 5.66. The minimum Gasteiger partial charge on any atom is -0.463 e. The van der Waals surface area contributed by atoms with Crippen molar-refractivity contribution in [2.75, 3.05) is 18.5 Å². The van der Waals surface area contributed by atoms with Crippen LogP contribution in [-0.2, 0) is 14.3 Å². The van der Waals surface area contributed by atoms with Crippen molar-refractivity contribution in [1.82, 2.24) is 0 Å².